The van der Waals surface area contributed by atoms with E-state index in [1.54, 1.807) is 17.3 Å². The Morgan fingerprint density at radius 2 is 1.94 bits per heavy atom. The molecule has 1 aliphatic rings. The van der Waals surface area contributed by atoms with Crippen molar-refractivity contribution < 1.29 is 14.3 Å². The van der Waals surface area contributed by atoms with Gasteiger partial charge in [-0.2, -0.15) is 0 Å². The van der Waals surface area contributed by atoms with Gasteiger partial charge in [-0.1, -0.05) is 30.3 Å². The van der Waals surface area contributed by atoms with E-state index in [1.807, 2.05) is 49.9 Å². The number of rotatable bonds is 5. The third-order valence-corrected chi connectivity index (χ3v) is 5.45. The lowest BCUT2D eigenvalue weighted by Gasteiger charge is -2.36. The molecule has 0 saturated carbocycles. The van der Waals surface area contributed by atoms with Crippen molar-refractivity contribution in [3.8, 4) is 0 Å². The normalized spacial score (nSPS) is 16.6. The first-order valence-corrected chi connectivity index (χ1v) is 10.9. The number of piperidine rings is 1. The van der Waals surface area contributed by atoms with Crippen LogP contribution in [-0.4, -0.2) is 45.5 Å². The molecule has 1 fully saturated rings. The zero-order valence-corrected chi connectivity index (χ0v) is 19.0. The van der Waals surface area contributed by atoms with Crippen molar-refractivity contribution >= 4 is 12.0 Å². The van der Waals surface area contributed by atoms with Gasteiger partial charge in [0.1, 0.15) is 5.60 Å². The van der Waals surface area contributed by atoms with Gasteiger partial charge in [-0.3, -0.25) is 9.78 Å². The maximum absolute atomic E-state index is 13.6. The van der Waals surface area contributed by atoms with Crippen LogP contribution in [0.4, 0.5) is 4.79 Å². The van der Waals surface area contributed by atoms with Crippen molar-refractivity contribution in [3.63, 3.8) is 0 Å². The van der Waals surface area contributed by atoms with E-state index < -0.39 is 5.60 Å². The maximum atomic E-state index is 13.6. The summed E-state index contributed by atoms with van der Waals surface area (Å²) in [6.07, 6.45) is 4.75. The Kier molecular flexibility index (Phi) is 7.31. The molecular weight excluding hydrogens is 390 g/mol. The molecule has 1 aliphatic heterocycles. The number of pyridine rings is 1. The summed E-state index contributed by atoms with van der Waals surface area (Å²) in [4.78, 5) is 33.9. The highest BCUT2D eigenvalue weighted by Gasteiger charge is 2.33. The van der Waals surface area contributed by atoms with Crippen LogP contribution < -0.4 is 0 Å². The molecule has 1 aromatic heterocycles. The third kappa shape index (κ3) is 6.54. The van der Waals surface area contributed by atoms with Crippen LogP contribution in [0.1, 0.15) is 50.3 Å². The smallest absolute Gasteiger partial charge is 0.410 e. The first kappa shape index (κ1) is 22.8. The van der Waals surface area contributed by atoms with Gasteiger partial charge >= 0.3 is 6.09 Å². The van der Waals surface area contributed by atoms with Gasteiger partial charge in [-0.05, 0) is 63.3 Å². The van der Waals surface area contributed by atoms with Crippen molar-refractivity contribution in [2.45, 2.75) is 59.2 Å². The number of aryl methyl sites for hydroxylation is 1. The highest BCUT2D eigenvalue weighted by Crippen LogP contribution is 2.23. The molecule has 0 radical (unpaired) electrons. The molecule has 1 saturated heterocycles. The minimum atomic E-state index is -0.550. The molecule has 1 atom stereocenters. The molecule has 3 rings (SSSR count). The van der Waals surface area contributed by atoms with E-state index in [0.717, 1.165) is 29.5 Å². The topological polar surface area (TPSA) is 62.7 Å². The molecule has 6 heteroatoms. The average Bonchev–Trinajstić information content (AvgIpc) is 2.74. The number of aromatic nitrogens is 1. The summed E-state index contributed by atoms with van der Waals surface area (Å²) in [6, 6.07) is 12.0. The van der Waals surface area contributed by atoms with Crippen molar-refractivity contribution in [1.82, 2.24) is 14.8 Å². The number of carbonyl (C=O) groups excluding carboxylic acids is 2. The number of hydrogen-bond donors (Lipinski definition) is 0. The minimum Gasteiger partial charge on any atom is -0.444 e. The van der Waals surface area contributed by atoms with E-state index >= 15 is 0 Å². The van der Waals surface area contributed by atoms with Crippen LogP contribution in [0, 0.1) is 12.8 Å². The molecule has 2 heterocycles. The molecular formula is C25H33N3O3. The van der Waals surface area contributed by atoms with Gasteiger partial charge in [-0.25, -0.2) is 4.79 Å². The number of ether oxygens (including phenoxy) is 1. The summed E-state index contributed by atoms with van der Waals surface area (Å²) in [5.41, 5.74) is 2.72. The second-order valence-corrected chi connectivity index (χ2v) is 9.25. The lowest BCUT2D eigenvalue weighted by atomic mass is 9.96. The van der Waals surface area contributed by atoms with Crippen molar-refractivity contribution in [2.75, 3.05) is 13.1 Å². The fourth-order valence-corrected chi connectivity index (χ4v) is 3.85. The van der Waals surface area contributed by atoms with Gasteiger partial charge in [0, 0.05) is 38.6 Å². The fraction of sp³-hybridized carbons (Fsp3) is 0.480. The van der Waals surface area contributed by atoms with Gasteiger partial charge in [0.25, 0.3) is 0 Å². The van der Waals surface area contributed by atoms with Crippen molar-refractivity contribution in [1.29, 1.82) is 0 Å². The molecule has 0 aliphatic carbocycles. The van der Waals surface area contributed by atoms with E-state index in [2.05, 4.69) is 24.0 Å². The third-order valence-electron chi connectivity index (χ3n) is 5.45. The molecule has 2 aromatic rings. The highest BCUT2D eigenvalue weighted by molar-refractivity contribution is 5.80. The molecule has 2 amide bonds. The minimum absolute atomic E-state index is 0.0698. The van der Waals surface area contributed by atoms with Crippen LogP contribution in [0.5, 0.6) is 0 Å². The Balaban J connectivity index is 1.76. The quantitative estimate of drug-likeness (QED) is 0.707. The van der Waals surface area contributed by atoms with E-state index in [9.17, 15) is 9.59 Å². The van der Waals surface area contributed by atoms with E-state index in [-0.39, 0.29) is 17.9 Å². The highest BCUT2D eigenvalue weighted by atomic mass is 16.6. The lowest BCUT2D eigenvalue weighted by Crippen LogP contribution is -2.47. The monoisotopic (exact) mass is 423 g/mol. The fourth-order valence-electron chi connectivity index (χ4n) is 3.85. The van der Waals surface area contributed by atoms with E-state index in [1.165, 1.54) is 0 Å². The molecule has 6 nitrogen and oxygen atoms in total. The Hall–Kier alpha value is -2.89. The van der Waals surface area contributed by atoms with Crippen LogP contribution in [0.15, 0.2) is 48.8 Å². The predicted molar refractivity (Wildman–Crippen MR) is 120 cm³/mol. The molecule has 31 heavy (non-hydrogen) atoms. The Labute approximate surface area is 185 Å². The average molecular weight is 424 g/mol. The van der Waals surface area contributed by atoms with Crippen LogP contribution >= 0.6 is 0 Å². The van der Waals surface area contributed by atoms with Gasteiger partial charge < -0.3 is 14.5 Å². The van der Waals surface area contributed by atoms with Gasteiger partial charge in [0.05, 0.1) is 5.92 Å². The molecule has 1 unspecified atom stereocenters. The molecule has 166 valence electrons. The summed E-state index contributed by atoms with van der Waals surface area (Å²) >= 11 is 0. The van der Waals surface area contributed by atoms with E-state index in [4.69, 9.17) is 4.74 Å². The van der Waals surface area contributed by atoms with Crippen molar-refractivity contribution in [3.05, 3.63) is 65.5 Å². The summed E-state index contributed by atoms with van der Waals surface area (Å²) in [5, 5.41) is 0. The molecule has 0 N–H and O–H groups in total. The predicted octanol–water partition coefficient (Wildman–Crippen LogP) is 4.57. The summed E-state index contributed by atoms with van der Waals surface area (Å²) in [7, 11) is 0. The van der Waals surface area contributed by atoms with Crippen LogP contribution in [-0.2, 0) is 22.6 Å². The lowest BCUT2D eigenvalue weighted by molar-refractivity contribution is -0.138. The first-order chi connectivity index (χ1) is 14.7. The zero-order chi connectivity index (χ0) is 22.4. The van der Waals surface area contributed by atoms with Crippen LogP contribution in [0.2, 0.25) is 0 Å². The molecule has 1 aromatic carbocycles. The Morgan fingerprint density at radius 1 is 1.16 bits per heavy atom. The SMILES string of the molecule is Cc1ccccc1CN(Cc1cccnc1)C(=O)C1CCCN(C(=O)OC(C)(C)C)C1. The number of nitrogens with zero attached hydrogens (tertiary/aromatic N) is 3. The largest absolute Gasteiger partial charge is 0.444 e. The van der Waals surface area contributed by atoms with Crippen molar-refractivity contribution in [2.24, 2.45) is 5.92 Å². The Bertz CT molecular complexity index is 892. The molecule has 0 spiro atoms. The van der Waals surface area contributed by atoms with Gasteiger partial charge in [0.15, 0.2) is 0 Å². The standard InChI is InChI=1S/C25H33N3O3/c1-19-9-5-6-11-21(19)17-28(16-20-10-7-13-26-15-20)23(29)22-12-8-14-27(18-22)24(30)31-25(2,3)4/h5-7,9-11,13,15,22H,8,12,14,16-18H2,1-4H3. The zero-order valence-electron chi connectivity index (χ0n) is 19.0. The summed E-state index contributed by atoms with van der Waals surface area (Å²) in [6.45, 7) is 9.67. The van der Waals surface area contributed by atoms with Crippen LogP contribution in [0.3, 0.4) is 0 Å². The van der Waals surface area contributed by atoms with Gasteiger partial charge in [0.2, 0.25) is 5.91 Å². The number of likely N-dealkylation sites (tertiary alicyclic amines) is 1. The van der Waals surface area contributed by atoms with E-state index in [0.29, 0.717) is 26.2 Å². The first-order valence-electron chi connectivity index (χ1n) is 10.9. The van der Waals surface area contributed by atoms with Crippen LogP contribution in [0.25, 0.3) is 0 Å². The number of amides is 2. The summed E-state index contributed by atoms with van der Waals surface area (Å²) in [5.74, 6) is -0.165. The number of carbonyl (C=O) groups is 2. The molecule has 0 bridgehead atoms. The number of hydrogen-bond acceptors (Lipinski definition) is 4. The second kappa shape index (κ2) is 9.94. The maximum Gasteiger partial charge on any atom is 0.410 e. The van der Waals surface area contributed by atoms with Gasteiger partial charge in [-0.15, -0.1) is 0 Å². The summed E-state index contributed by atoms with van der Waals surface area (Å²) < 4.78 is 5.53. The number of benzene rings is 1. The second-order valence-electron chi connectivity index (χ2n) is 9.25. The Morgan fingerprint density at radius 3 is 2.61 bits per heavy atom.